The molecule has 5 nitrogen and oxygen atoms in total. The molecule has 0 radical (unpaired) electrons. The van der Waals surface area contributed by atoms with Gasteiger partial charge in [-0.15, -0.1) is 11.3 Å². The minimum atomic E-state index is 0.744. The second-order valence-corrected chi connectivity index (χ2v) is 4.45. The van der Waals surface area contributed by atoms with E-state index in [2.05, 4.69) is 25.6 Å². The van der Waals surface area contributed by atoms with E-state index in [1.165, 1.54) is 4.88 Å². The maximum Gasteiger partial charge on any atom is 0.132 e. The van der Waals surface area contributed by atoms with Crippen molar-refractivity contribution in [3.63, 3.8) is 0 Å². The Bertz CT molecular complexity index is 446. The molecule has 0 aliphatic heterocycles. The van der Waals surface area contributed by atoms with E-state index in [-0.39, 0.29) is 0 Å². The number of thiazole rings is 1. The molecule has 0 aliphatic rings. The van der Waals surface area contributed by atoms with Crippen molar-refractivity contribution in [1.82, 2.24) is 15.0 Å². The van der Waals surface area contributed by atoms with E-state index in [9.17, 15) is 0 Å². The first-order valence-corrected chi connectivity index (χ1v) is 6.36. The van der Waals surface area contributed by atoms with Gasteiger partial charge < -0.3 is 10.6 Å². The molecule has 0 saturated heterocycles. The van der Waals surface area contributed by atoms with Crippen LogP contribution in [0.5, 0.6) is 0 Å². The van der Waals surface area contributed by atoms with Crippen LogP contribution in [-0.2, 0) is 13.0 Å². The van der Waals surface area contributed by atoms with Crippen molar-refractivity contribution in [2.75, 3.05) is 17.7 Å². The number of anilines is 2. The Morgan fingerprint density at radius 3 is 2.76 bits per heavy atom. The zero-order valence-electron chi connectivity index (χ0n) is 9.90. The summed E-state index contributed by atoms with van der Waals surface area (Å²) in [7, 11) is 1.86. The molecule has 2 heterocycles. The summed E-state index contributed by atoms with van der Waals surface area (Å²) >= 11 is 1.63. The van der Waals surface area contributed by atoms with Gasteiger partial charge in [0.25, 0.3) is 0 Å². The Balaban J connectivity index is 2.09. The number of rotatable bonds is 5. The Kier molecular flexibility index (Phi) is 3.87. The van der Waals surface area contributed by atoms with E-state index in [0.717, 1.165) is 30.4 Å². The Morgan fingerprint density at radius 1 is 1.29 bits per heavy atom. The lowest BCUT2D eigenvalue weighted by molar-refractivity contribution is 0.935. The van der Waals surface area contributed by atoms with Gasteiger partial charge in [-0.05, 0) is 0 Å². The van der Waals surface area contributed by atoms with Crippen molar-refractivity contribution in [2.45, 2.75) is 19.9 Å². The molecular formula is C11H15N5S. The number of hydrogen-bond acceptors (Lipinski definition) is 6. The third kappa shape index (κ3) is 3.13. The third-order valence-electron chi connectivity index (χ3n) is 2.27. The minimum Gasteiger partial charge on any atom is -0.373 e. The zero-order chi connectivity index (χ0) is 12.1. The summed E-state index contributed by atoms with van der Waals surface area (Å²) in [6.07, 6.45) is 2.68. The van der Waals surface area contributed by atoms with Gasteiger partial charge >= 0.3 is 0 Å². The molecule has 0 spiro atoms. The van der Waals surface area contributed by atoms with Crippen LogP contribution in [-0.4, -0.2) is 22.0 Å². The highest BCUT2D eigenvalue weighted by molar-refractivity contribution is 7.09. The Hall–Kier alpha value is -1.69. The van der Waals surface area contributed by atoms with E-state index in [1.807, 2.05) is 31.7 Å². The molecular weight excluding hydrogens is 234 g/mol. The maximum atomic E-state index is 4.42. The summed E-state index contributed by atoms with van der Waals surface area (Å²) in [6, 6.07) is 1.90. The number of aromatic nitrogens is 3. The fourth-order valence-corrected chi connectivity index (χ4v) is 1.92. The van der Waals surface area contributed by atoms with E-state index in [1.54, 1.807) is 11.3 Å². The van der Waals surface area contributed by atoms with Gasteiger partial charge in [-0.3, -0.25) is 4.98 Å². The molecule has 90 valence electrons. The molecule has 0 aliphatic carbocycles. The fraction of sp³-hybridized carbons (Fsp3) is 0.364. The SMILES string of the molecule is CCc1nc(NC)cc(NCc2cncs2)n1. The van der Waals surface area contributed by atoms with Crippen LogP contribution in [0.25, 0.3) is 0 Å². The standard InChI is InChI=1S/C11H15N5S/c1-3-9-15-10(12-2)4-11(16-9)14-6-8-5-13-7-17-8/h4-5,7H,3,6H2,1-2H3,(H2,12,14,15,16). The first-order valence-electron chi connectivity index (χ1n) is 5.48. The Labute approximate surface area is 104 Å². The summed E-state index contributed by atoms with van der Waals surface area (Å²) in [5, 5.41) is 6.31. The lowest BCUT2D eigenvalue weighted by Crippen LogP contribution is -2.05. The third-order valence-corrected chi connectivity index (χ3v) is 3.05. The summed E-state index contributed by atoms with van der Waals surface area (Å²) in [5.41, 5.74) is 1.83. The van der Waals surface area contributed by atoms with Crippen molar-refractivity contribution < 1.29 is 0 Å². The van der Waals surface area contributed by atoms with Crippen LogP contribution in [0.3, 0.4) is 0 Å². The number of nitrogens with zero attached hydrogens (tertiary/aromatic N) is 3. The first-order chi connectivity index (χ1) is 8.31. The van der Waals surface area contributed by atoms with E-state index in [0.29, 0.717) is 0 Å². The molecule has 0 unspecified atom stereocenters. The highest BCUT2D eigenvalue weighted by atomic mass is 32.1. The number of nitrogens with one attached hydrogen (secondary N) is 2. The zero-order valence-corrected chi connectivity index (χ0v) is 10.7. The summed E-state index contributed by atoms with van der Waals surface area (Å²) in [5.74, 6) is 2.52. The normalized spacial score (nSPS) is 10.2. The lowest BCUT2D eigenvalue weighted by atomic mass is 10.4. The highest BCUT2D eigenvalue weighted by Crippen LogP contribution is 2.13. The van der Waals surface area contributed by atoms with Gasteiger partial charge in [-0.1, -0.05) is 6.92 Å². The monoisotopic (exact) mass is 249 g/mol. The number of hydrogen-bond donors (Lipinski definition) is 2. The molecule has 0 saturated carbocycles. The summed E-state index contributed by atoms with van der Waals surface area (Å²) in [4.78, 5) is 14.0. The molecule has 2 aromatic rings. The van der Waals surface area contributed by atoms with Crippen molar-refractivity contribution >= 4 is 23.0 Å². The molecule has 2 aromatic heterocycles. The smallest absolute Gasteiger partial charge is 0.132 e. The van der Waals surface area contributed by atoms with Crippen LogP contribution in [0.1, 0.15) is 17.6 Å². The second-order valence-electron chi connectivity index (χ2n) is 3.48. The van der Waals surface area contributed by atoms with E-state index < -0.39 is 0 Å². The average Bonchev–Trinajstić information content (AvgIpc) is 2.89. The van der Waals surface area contributed by atoms with Crippen LogP contribution in [0, 0.1) is 0 Å². The van der Waals surface area contributed by atoms with Crippen LogP contribution in [0.4, 0.5) is 11.6 Å². The van der Waals surface area contributed by atoms with Crippen LogP contribution in [0.15, 0.2) is 17.8 Å². The fourth-order valence-electron chi connectivity index (χ4n) is 1.38. The van der Waals surface area contributed by atoms with Gasteiger partial charge in [0.2, 0.25) is 0 Å². The topological polar surface area (TPSA) is 62.7 Å². The molecule has 6 heteroatoms. The average molecular weight is 249 g/mol. The van der Waals surface area contributed by atoms with Crippen LogP contribution >= 0.6 is 11.3 Å². The predicted molar refractivity (Wildman–Crippen MR) is 70.4 cm³/mol. The predicted octanol–water partition coefficient (Wildman–Crippen LogP) is 2.15. The van der Waals surface area contributed by atoms with E-state index in [4.69, 9.17) is 0 Å². The molecule has 2 N–H and O–H groups in total. The van der Waals surface area contributed by atoms with Crippen LogP contribution in [0.2, 0.25) is 0 Å². The van der Waals surface area contributed by atoms with Gasteiger partial charge in [-0.2, -0.15) is 0 Å². The molecule has 0 bridgehead atoms. The first kappa shape index (κ1) is 11.8. The maximum absolute atomic E-state index is 4.42. The Morgan fingerprint density at radius 2 is 2.12 bits per heavy atom. The van der Waals surface area contributed by atoms with E-state index >= 15 is 0 Å². The largest absolute Gasteiger partial charge is 0.373 e. The van der Waals surface area contributed by atoms with Gasteiger partial charge in [0.15, 0.2) is 0 Å². The van der Waals surface area contributed by atoms with Gasteiger partial charge in [-0.25, -0.2) is 9.97 Å². The number of aryl methyl sites for hydroxylation is 1. The van der Waals surface area contributed by atoms with Gasteiger partial charge in [0.05, 0.1) is 12.1 Å². The van der Waals surface area contributed by atoms with Gasteiger partial charge in [0, 0.05) is 30.6 Å². The molecule has 0 amide bonds. The molecule has 0 fully saturated rings. The van der Waals surface area contributed by atoms with Crippen LogP contribution < -0.4 is 10.6 Å². The van der Waals surface area contributed by atoms with Crippen molar-refractivity contribution in [1.29, 1.82) is 0 Å². The van der Waals surface area contributed by atoms with Crippen molar-refractivity contribution in [2.24, 2.45) is 0 Å². The highest BCUT2D eigenvalue weighted by Gasteiger charge is 2.02. The lowest BCUT2D eigenvalue weighted by Gasteiger charge is -2.08. The van der Waals surface area contributed by atoms with Crippen molar-refractivity contribution in [3.8, 4) is 0 Å². The molecule has 17 heavy (non-hydrogen) atoms. The second kappa shape index (κ2) is 5.58. The molecule has 0 aromatic carbocycles. The molecule has 0 atom stereocenters. The van der Waals surface area contributed by atoms with Crippen molar-refractivity contribution in [3.05, 3.63) is 28.5 Å². The quantitative estimate of drug-likeness (QED) is 0.850. The summed E-state index contributed by atoms with van der Waals surface area (Å²) < 4.78 is 0. The van der Waals surface area contributed by atoms with Gasteiger partial charge in [0.1, 0.15) is 17.5 Å². The summed E-state index contributed by atoms with van der Waals surface area (Å²) in [6.45, 7) is 2.79. The molecule has 2 rings (SSSR count). The minimum absolute atomic E-state index is 0.744.